The molecule has 0 aliphatic rings. The van der Waals surface area contributed by atoms with Gasteiger partial charge in [-0.15, -0.1) is 0 Å². The van der Waals surface area contributed by atoms with E-state index < -0.39 is 29.6 Å². The van der Waals surface area contributed by atoms with Crippen molar-refractivity contribution in [2.75, 3.05) is 5.32 Å². The van der Waals surface area contributed by atoms with Crippen LogP contribution in [0.25, 0.3) is 0 Å². The van der Waals surface area contributed by atoms with Crippen molar-refractivity contribution in [3.63, 3.8) is 0 Å². The van der Waals surface area contributed by atoms with Crippen molar-refractivity contribution in [3.05, 3.63) is 63.6 Å². The van der Waals surface area contributed by atoms with Gasteiger partial charge in [0.05, 0.1) is 21.3 Å². The summed E-state index contributed by atoms with van der Waals surface area (Å²) in [7, 11) is 0. The molecule has 24 heavy (non-hydrogen) atoms. The molecule has 0 saturated carbocycles. The Hall–Kier alpha value is -2.18. The highest BCUT2D eigenvalue weighted by Gasteiger charge is 2.21. The largest absolute Gasteiger partial charge is 0.449 e. The molecule has 0 spiro atoms. The maximum absolute atomic E-state index is 13.0. The Kier molecular flexibility index (Phi) is 5.75. The summed E-state index contributed by atoms with van der Waals surface area (Å²) in [6.45, 7) is 1.34. The minimum Gasteiger partial charge on any atom is -0.449 e. The number of hydrogen-bond donors (Lipinski definition) is 1. The molecule has 0 aromatic heterocycles. The van der Waals surface area contributed by atoms with E-state index in [-0.39, 0.29) is 21.3 Å². The summed E-state index contributed by atoms with van der Waals surface area (Å²) < 4.78 is 30.9. The van der Waals surface area contributed by atoms with Gasteiger partial charge in [0, 0.05) is 0 Å². The van der Waals surface area contributed by atoms with E-state index in [1.54, 1.807) is 0 Å². The van der Waals surface area contributed by atoms with Crippen LogP contribution >= 0.6 is 23.2 Å². The van der Waals surface area contributed by atoms with Gasteiger partial charge in [0.2, 0.25) is 0 Å². The van der Waals surface area contributed by atoms with Gasteiger partial charge in [-0.1, -0.05) is 23.2 Å². The second kappa shape index (κ2) is 7.59. The van der Waals surface area contributed by atoms with Crippen LogP contribution in [0.3, 0.4) is 0 Å². The van der Waals surface area contributed by atoms with Crippen LogP contribution in [-0.2, 0) is 9.53 Å². The molecule has 0 aliphatic heterocycles. The number of benzene rings is 2. The van der Waals surface area contributed by atoms with Gasteiger partial charge < -0.3 is 10.1 Å². The van der Waals surface area contributed by atoms with E-state index in [0.29, 0.717) is 0 Å². The molecule has 0 saturated heterocycles. The number of esters is 1. The lowest BCUT2D eigenvalue weighted by molar-refractivity contribution is -0.123. The second-order valence-electron chi connectivity index (χ2n) is 4.79. The van der Waals surface area contributed by atoms with Crippen LogP contribution in [0.2, 0.25) is 10.0 Å². The van der Waals surface area contributed by atoms with Gasteiger partial charge in [0.15, 0.2) is 6.10 Å². The molecule has 0 unspecified atom stereocenters. The van der Waals surface area contributed by atoms with Crippen molar-refractivity contribution in [1.29, 1.82) is 0 Å². The summed E-state index contributed by atoms with van der Waals surface area (Å²) in [5.41, 5.74) is 0.100. The van der Waals surface area contributed by atoms with E-state index in [4.69, 9.17) is 27.9 Å². The van der Waals surface area contributed by atoms with E-state index >= 15 is 0 Å². The number of carbonyl (C=O) groups excluding carboxylic acids is 2. The van der Waals surface area contributed by atoms with E-state index in [1.165, 1.54) is 13.0 Å². The monoisotopic (exact) mass is 373 g/mol. The average Bonchev–Trinajstić information content (AvgIpc) is 2.49. The quantitative estimate of drug-likeness (QED) is 0.805. The average molecular weight is 374 g/mol. The summed E-state index contributed by atoms with van der Waals surface area (Å²) >= 11 is 11.6. The SMILES string of the molecule is C[C@H](OC(=O)c1ccc(F)cc1Cl)C(=O)Nc1ccc(F)cc1Cl. The Bertz CT molecular complexity index is 799. The second-order valence-corrected chi connectivity index (χ2v) is 5.60. The number of nitrogens with one attached hydrogen (secondary N) is 1. The summed E-state index contributed by atoms with van der Waals surface area (Å²) in [6, 6.07) is 6.59. The number of ether oxygens (including phenoxy) is 1. The predicted octanol–water partition coefficient (Wildman–Crippen LogP) is 4.46. The Labute approximate surface area is 146 Å². The molecule has 126 valence electrons. The summed E-state index contributed by atoms with van der Waals surface area (Å²) in [6.07, 6.45) is -1.18. The molecule has 8 heteroatoms. The minimum atomic E-state index is -1.18. The van der Waals surface area contributed by atoms with Gasteiger partial charge in [0.25, 0.3) is 5.91 Å². The van der Waals surface area contributed by atoms with Crippen molar-refractivity contribution in [2.45, 2.75) is 13.0 Å². The van der Waals surface area contributed by atoms with Crippen molar-refractivity contribution < 1.29 is 23.1 Å². The maximum atomic E-state index is 13.0. The molecule has 2 aromatic rings. The smallest absolute Gasteiger partial charge is 0.340 e. The summed E-state index contributed by atoms with van der Waals surface area (Å²) in [5, 5.41) is 2.28. The number of anilines is 1. The van der Waals surface area contributed by atoms with Crippen LogP contribution in [0.15, 0.2) is 36.4 Å². The van der Waals surface area contributed by atoms with E-state index in [2.05, 4.69) is 5.32 Å². The zero-order valence-electron chi connectivity index (χ0n) is 12.3. The van der Waals surface area contributed by atoms with Crippen molar-refractivity contribution in [1.82, 2.24) is 0 Å². The van der Waals surface area contributed by atoms with Gasteiger partial charge in [-0.05, 0) is 43.3 Å². The van der Waals surface area contributed by atoms with Crippen molar-refractivity contribution in [3.8, 4) is 0 Å². The first-order valence-electron chi connectivity index (χ1n) is 6.70. The topological polar surface area (TPSA) is 55.4 Å². The highest BCUT2D eigenvalue weighted by atomic mass is 35.5. The molecular formula is C16H11Cl2F2NO3. The van der Waals surface area contributed by atoms with Crippen LogP contribution in [0.1, 0.15) is 17.3 Å². The summed E-state index contributed by atoms with van der Waals surface area (Å²) in [5.74, 6) is -2.71. The molecule has 0 fully saturated rings. The lowest BCUT2D eigenvalue weighted by Gasteiger charge is -2.14. The molecule has 2 rings (SSSR count). The fourth-order valence-electron chi connectivity index (χ4n) is 1.76. The lowest BCUT2D eigenvalue weighted by Crippen LogP contribution is -2.30. The Morgan fingerprint density at radius 1 is 1.04 bits per heavy atom. The summed E-state index contributed by atoms with van der Waals surface area (Å²) in [4.78, 5) is 24.0. The lowest BCUT2D eigenvalue weighted by atomic mass is 10.2. The van der Waals surface area contributed by atoms with Gasteiger partial charge in [-0.3, -0.25) is 4.79 Å². The predicted molar refractivity (Wildman–Crippen MR) is 86.3 cm³/mol. The normalized spacial score (nSPS) is 11.7. The molecule has 1 amide bonds. The molecule has 0 bridgehead atoms. The van der Waals surface area contributed by atoms with Crippen LogP contribution in [0.4, 0.5) is 14.5 Å². The highest BCUT2D eigenvalue weighted by Crippen LogP contribution is 2.23. The fraction of sp³-hybridized carbons (Fsp3) is 0.125. The number of carbonyl (C=O) groups is 2. The standard InChI is InChI=1S/C16H11Cl2F2NO3/c1-8(15(22)21-14-5-3-10(20)7-13(14)18)24-16(23)11-4-2-9(19)6-12(11)17/h2-8H,1H3,(H,21,22)/t8-/m0/s1. The molecule has 0 aliphatic carbocycles. The van der Waals surface area contributed by atoms with Crippen LogP contribution in [-0.4, -0.2) is 18.0 Å². The molecule has 2 aromatic carbocycles. The molecular weight excluding hydrogens is 363 g/mol. The zero-order chi connectivity index (χ0) is 17.9. The van der Waals surface area contributed by atoms with Crippen molar-refractivity contribution >= 4 is 40.8 Å². The first-order valence-corrected chi connectivity index (χ1v) is 7.45. The molecule has 1 N–H and O–H groups in total. The molecule has 0 heterocycles. The van der Waals surface area contributed by atoms with Gasteiger partial charge in [0.1, 0.15) is 11.6 Å². The van der Waals surface area contributed by atoms with Crippen LogP contribution < -0.4 is 5.32 Å². The highest BCUT2D eigenvalue weighted by molar-refractivity contribution is 6.34. The van der Waals surface area contributed by atoms with E-state index in [0.717, 1.165) is 30.3 Å². The molecule has 0 radical (unpaired) electrons. The molecule has 4 nitrogen and oxygen atoms in total. The van der Waals surface area contributed by atoms with Gasteiger partial charge in [-0.25, -0.2) is 13.6 Å². The maximum Gasteiger partial charge on any atom is 0.340 e. The van der Waals surface area contributed by atoms with E-state index in [9.17, 15) is 18.4 Å². The van der Waals surface area contributed by atoms with Crippen molar-refractivity contribution in [2.24, 2.45) is 0 Å². The Balaban J connectivity index is 2.04. The Morgan fingerprint density at radius 2 is 1.62 bits per heavy atom. The first kappa shape index (κ1) is 18.2. The molecule has 1 atom stereocenters. The first-order chi connectivity index (χ1) is 11.3. The fourth-order valence-corrected chi connectivity index (χ4v) is 2.22. The zero-order valence-corrected chi connectivity index (χ0v) is 13.8. The van der Waals surface area contributed by atoms with Crippen LogP contribution in [0, 0.1) is 11.6 Å². The van der Waals surface area contributed by atoms with E-state index in [1.807, 2.05) is 0 Å². The van der Waals surface area contributed by atoms with Gasteiger partial charge >= 0.3 is 5.97 Å². The third-order valence-corrected chi connectivity index (χ3v) is 3.62. The number of hydrogen-bond acceptors (Lipinski definition) is 3. The Morgan fingerprint density at radius 3 is 2.21 bits per heavy atom. The third kappa shape index (κ3) is 4.43. The third-order valence-electron chi connectivity index (χ3n) is 2.99. The minimum absolute atomic E-state index is 0.00320. The number of rotatable bonds is 4. The van der Waals surface area contributed by atoms with Crippen LogP contribution in [0.5, 0.6) is 0 Å². The number of halogens is 4. The number of amides is 1. The van der Waals surface area contributed by atoms with Gasteiger partial charge in [-0.2, -0.15) is 0 Å².